The van der Waals surface area contributed by atoms with Crippen molar-refractivity contribution in [3.05, 3.63) is 58.6 Å². The van der Waals surface area contributed by atoms with Gasteiger partial charge in [0.1, 0.15) is 0 Å². The van der Waals surface area contributed by atoms with Crippen molar-refractivity contribution in [2.75, 3.05) is 30.5 Å². The molecule has 2 aromatic carbocycles. The van der Waals surface area contributed by atoms with Crippen LogP contribution in [-0.4, -0.2) is 50.7 Å². The van der Waals surface area contributed by atoms with E-state index in [0.717, 1.165) is 30.2 Å². The molecule has 1 heterocycles. The van der Waals surface area contributed by atoms with E-state index in [1.54, 1.807) is 30.3 Å². The van der Waals surface area contributed by atoms with Crippen LogP contribution in [0.1, 0.15) is 19.3 Å². The Morgan fingerprint density at radius 3 is 2.39 bits per heavy atom. The third-order valence-electron chi connectivity index (χ3n) is 4.80. The zero-order valence-corrected chi connectivity index (χ0v) is 17.8. The van der Waals surface area contributed by atoms with Gasteiger partial charge in [-0.05, 0) is 56.3 Å². The number of hydrogen-bond donors (Lipinski definition) is 1. The Morgan fingerprint density at radius 2 is 1.71 bits per heavy atom. The number of nitrogens with zero attached hydrogens (tertiary/aromatic N) is 2. The number of likely N-dealkylation sites (tertiary alicyclic amines) is 1. The Kier molecular flexibility index (Phi) is 7.23. The minimum Gasteiger partial charge on any atom is -0.390 e. The number of hydrogen-bond acceptors (Lipinski definition) is 4. The fourth-order valence-corrected chi connectivity index (χ4v) is 5.38. The summed E-state index contributed by atoms with van der Waals surface area (Å²) in [6.45, 7) is 2.15. The smallest absolute Gasteiger partial charge is 0.264 e. The molecular weight excluding hydrogens is 419 g/mol. The van der Waals surface area contributed by atoms with Gasteiger partial charge in [0.2, 0.25) is 0 Å². The fourth-order valence-electron chi connectivity index (χ4n) is 3.41. The number of aliphatic hydroxyl groups is 1. The first-order chi connectivity index (χ1) is 13.4. The number of β-amino-alcohol motifs (C(OH)–C–C–N with tert-alkyl or cyclic N) is 1. The van der Waals surface area contributed by atoms with Crippen molar-refractivity contribution in [2.24, 2.45) is 0 Å². The molecule has 0 radical (unpaired) electrons. The Labute approximate surface area is 176 Å². The quantitative estimate of drug-likeness (QED) is 0.702. The van der Waals surface area contributed by atoms with Crippen molar-refractivity contribution in [2.45, 2.75) is 30.3 Å². The van der Waals surface area contributed by atoms with Gasteiger partial charge in [0.05, 0.1) is 28.3 Å². The molecule has 1 unspecified atom stereocenters. The minimum absolute atomic E-state index is 0.103. The van der Waals surface area contributed by atoms with Crippen molar-refractivity contribution in [3.8, 4) is 0 Å². The molecule has 0 saturated carbocycles. The fraction of sp³-hybridized carbons (Fsp3) is 0.400. The maximum atomic E-state index is 13.3. The van der Waals surface area contributed by atoms with Gasteiger partial charge < -0.3 is 10.0 Å². The molecule has 0 amide bonds. The number of benzene rings is 2. The van der Waals surface area contributed by atoms with E-state index in [1.807, 2.05) is 0 Å². The molecule has 152 valence electrons. The largest absolute Gasteiger partial charge is 0.390 e. The van der Waals surface area contributed by atoms with Crippen LogP contribution < -0.4 is 4.31 Å². The molecule has 1 saturated heterocycles. The predicted octanol–water partition coefficient (Wildman–Crippen LogP) is 4.04. The highest BCUT2D eigenvalue weighted by Crippen LogP contribution is 2.33. The lowest BCUT2D eigenvalue weighted by molar-refractivity contribution is 0.107. The van der Waals surface area contributed by atoms with E-state index in [4.69, 9.17) is 23.2 Å². The number of halogens is 2. The molecule has 1 N–H and O–H groups in total. The summed E-state index contributed by atoms with van der Waals surface area (Å²) in [5.74, 6) is 0. The molecule has 2 aromatic rings. The Morgan fingerprint density at radius 1 is 1.04 bits per heavy atom. The van der Waals surface area contributed by atoms with Crippen LogP contribution in [0.15, 0.2) is 53.4 Å². The number of anilines is 1. The lowest BCUT2D eigenvalue weighted by Gasteiger charge is -2.32. The van der Waals surface area contributed by atoms with Gasteiger partial charge in [-0.1, -0.05) is 47.8 Å². The summed E-state index contributed by atoms with van der Waals surface area (Å²) in [4.78, 5) is 2.30. The number of piperidine rings is 1. The van der Waals surface area contributed by atoms with E-state index in [0.29, 0.717) is 11.6 Å². The number of rotatable bonds is 7. The standard InChI is InChI=1S/C20H24Cl2N2O3S/c21-16-9-10-19(22)20(13-16)24(28(26,27)18-7-3-1-4-8-18)15-17(25)14-23-11-5-2-6-12-23/h1,3-4,7-10,13,17,25H,2,5-6,11-12,14-15H2. The molecule has 0 bridgehead atoms. The van der Waals surface area contributed by atoms with Gasteiger partial charge in [0, 0.05) is 11.6 Å². The molecule has 5 nitrogen and oxygen atoms in total. The maximum Gasteiger partial charge on any atom is 0.264 e. The summed E-state index contributed by atoms with van der Waals surface area (Å²) >= 11 is 12.4. The molecule has 8 heteroatoms. The summed E-state index contributed by atoms with van der Waals surface area (Å²) in [7, 11) is -3.92. The predicted molar refractivity (Wildman–Crippen MR) is 114 cm³/mol. The highest BCUT2D eigenvalue weighted by Gasteiger charge is 2.29. The maximum absolute atomic E-state index is 13.3. The van der Waals surface area contributed by atoms with Gasteiger partial charge in [0.25, 0.3) is 10.0 Å². The van der Waals surface area contributed by atoms with Gasteiger partial charge >= 0.3 is 0 Å². The highest BCUT2D eigenvalue weighted by molar-refractivity contribution is 7.92. The van der Waals surface area contributed by atoms with Crippen LogP contribution in [-0.2, 0) is 10.0 Å². The second-order valence-electron chi connectivity index (χ2n) is 6.96. The lowest BCUT2D eigenvalue weighted by atomic mass is 10.1. The van der Waals surface area contributed by atoms with Crippen LogP contribution in [0.3, 0.4) is 0 Å². The first-order valence-corrected chi connectivity index (χ1v) is 11.5. The molecule has 1 aliphatic heterocycles. The Hall–Kier alpha value is -1.31. The molecule has 0 spiro atoms. The average molecular weight is 443 g/mol. The van der Waals surface area contributed by atoms with Gasteiger partial charge in [-0.2, -0.15) is 0 Å². The SMILES string of the molecule is O=S(=O)(c1ccccc1)N(CC(O)CN1CCCCC1)c1cc(Cl)ccc1Cl. The van der Waals surface area contributed by atoms with E-state index >= 15 is 0 Å². The Balaban J connectivity index is 1.91. The van der Waals surface area contributed by atoms with Gasteiger partial charge in [0.15, 0.2) is 0 Å². The van der Waals surface area contributed by atoms with E-state index < -0.39 is 16.1 Å². The number of sulfonamides is 1. The summed E-state index contributed by atoms with van der Waals surface area (Å²) in [5, 5.41) is 11.3. The van der Waals surface area contributed by atoms with Gasteiger partial charge in [-0.3, -0.25) is 4.31 Å². The van der Waals surface area contributed by atoms with E-state index in [-0.39, 0.29) is 22.2 Å². The van der Waals surface area contributed by atoms with Crippen molar-refractivity contribution < 1.29 is 13.5 Å². The third-order valence-corrected chi connectivity index (χ3v) is 7.15. The molecule has 0 aromatic heterocycles. The molecule has 1 fully saturated rings. The average Bonchev–Trinajstić information content (AvgIpc) is 2.69. The van der Waals surface area contributed by atoms with Crippen LogP contribution >= 0.6 is 23.2 Å². The summed E-state index contributed by atoms with van der Waals surface area (Å²) in [6.07, 6.45) is 2.53. The first kappa shape index (κ1) is 21.4. The van der Waals surface area contributed by atoms with E-state index in [9.17, 15) is 13.5 Å². The summed E-state index contributed by atoms with van der Waals surface area (Å²) in [6, 6.07) is 12.8. The zero-order chi connectivity index (χ0) is 20.1. The van der Waals surface area contributed by atoms with E-state index in [1.165, 1.54) is 24.6 Å². The van der Waals surface area contributed by atoms with Gasteiger partial charge in [-0.15, -0.1) is 0 Å². The molecule has 1 aliphatic rings. The van der Waals surface area contributed by atoms with E-state index in [2.05, 4.69) is 4.90 Å². The second-order valence-corrected chi connectivity index (χ2v) is 9.67. The molecule has 0 aliphatic carbocycles. The van der Waals surface area contributed by atoms with Gasteiger partial charge in [-0.25, -0.2) is 8.42 Å². The van der Waals surface area contributed by atoms with Crippen molar-refractivity contribution in [1.29, 1.82) is 0 Å². The van der Waals surface area contributed by atoms with Crippen LogP contribution in [0, 0.1) is 0 Å². The van der Waals surface area contributed by atoms with Crippen molar-refractivity contribution in [3.63, 3.8) is 0 Å². The monoisotopic (exact) mass is 442 g/mol. The summed E-state index contributed by atoms with van der Waals surface area (Å²) < 4.78 is 27.8. The highest BCUT2D eigenvalue weighted by atomic mass is 35.5. The molecule has 28 heavy (non-hydrogen) atoms. The topological polar surface area (TPSA) is 60.9 Å². The summed E-state index contributed by atoms with van der Waals surface area (Å²) in [5.41, 5.74) is 0.260. The molecular formula is C20H24Cl2N2O3S. The van der Waals surface area contributed by atoms with Crippen molar-refractivity contribution in [1.82, 2.24) is 4.90 Å². The normalized spacial score (nSPS) is 16.7. The first-order valence-electron chi connectivity index (χ1n) is 9.31. The lowest BCUT2D eigenvalue weighted by Crippen LogP contribution is -2.44. The zero-order valence-electron chi connectivity index (χ0n) is 15.5. The van der Waals surface area contributed by atoms with Crippen molar-refractivity contribution >= 4 is 38.9 Å². The van der Waals surface area contributed by atoms with Crippen LogP contribution in [0.5, 0.6) is 0 Å². The number of aliphatic hydroxyl groups excluding tert-OH is 1. The van der Waals surface area contributed by atoms with Crippen LogP contribution in [0.2, 0.25) is 10.0 Å². The minimum atomic E-state index is -3.92. The van der Waals surface area contributed by atoms with Crippen LogP contribution in [0.4, 0.5) is 5.69 Å². The molecule has 3 rings (SSSR count). The Bertz CT molecular complexity index is 888. The molecule has 1 atom stereocenters. The second kappa shape index (κ2) is 9.46. The third kappa shape index (κ3) is 5.19. The van der Waals surface area contributed by atoms with Crippen LogP contribution in [0.25, 0.3) is 0 Å².